The first-order valence-electron chi connectivity index (χ1n) is 7.82. The fraction of sp³-hybridized carbons (Fsp3) is 0.588. The van der Waals surface area contributed by atoms with Crippen LogP contribution in [0.2, 0.25) is 0 Å². The molecule has 1 aromatic rings. The molecular weight excluding hydrogens is 264 g/mol. The van der Waals surface area contributed by atoms with Crippen LogP contribution in [0.3, 0.4) is 0 Å². The zero-order valence-electron chi connectivity index (χ0n) is 13.0. The first-order valence-corrected chi connectivity index (χ1v) is 7.82. The lowest BCUT2D eigenvalue weighted by Gasteiger charge is -2.32. The third-order valence-electron chi connectivity index (χ3n) is 4.52. The lowest BCUT2D eigenvalue weighted by molar-refractivity contribution is -0.133. The Balaban J connectivity index is 2.10. The van der Waals surface area contributed by atoms with Crippen molar-refractivity contribution in [1.82, 2.24) is 4.90 Å². The van der Waals surface area contributed by atoms with Crippen LogP contribution in [0.1, 0.15) is 31.7 Å². The van der Waals surface area contributed by atoms with Crippen molar-refractivity contribution in [2.75, 3.05) is 20.2 Å². The molecule has 0 saturated heterocycles. The average molecular weight is 290 g/mol. The molecule has 2 unspecified atom stereocenters. The van der Waals surface area contributed by atoms with Crippen molar-refractivity contribution in [3.8, 4) is 5.75 Å². The smallest absolute Gasteiger partial charge is 0.227 e. The van der Waals surface area contributed by atoms with Gasteiger partial charge in [-0.05, 0) is 38.3 Å². The predicted octanol–water partition coefficient (Wildman–Crippen LogP) is 2.21. The van der Waals surface area contributed by atoms with E-state index in [9.17, 15) is 4.79 Å². The van der Waals surface area contributed by atoms with Gasteiger partial charge in [0.2, 0.25) is 5.91 Å². The number of methoxy groups -OCH3 is 1. The van der Waals surface area contributed by atoms with Crippen LogP contribution in [0.4, 0.5) is 0 Å². The van der Waals surface area contributed by atoms with Gasteiger partial charge >= 0.3 is 0 Å². The summed E-state index contributed by atoms with van der Waals surface area (Å²) in [5.74, 6) is 1.41. The maximum atomic E-state index is 12.7. The second kappa shape index (κ2) is 7.46. The van der Waals surface area contributed by atoms with E-state index < -0.39 is 0 Å². The number of benzene rings is 1. The second-order valence-corrected chi connectivity index (χ2v) is 5.66. The van der Waals surface area contributed by atoms with Gasteiger partial charge in [0.05, 0.1) is 13.5 Å². The molecule has 2 N–H and O–H groups in total. The maximum absolute atomic E-state index is 12.7. The Labute approximate surface area is 127 Å². The minimum Gasteiger partial charge on any atom is -0.496 e. The van der Waals surface area contributed by atoms with E-state index in [0.29, 0.717) is 24.9 Å². The topological polar surface area (TPSA) is 55.6 Å². The van der Waals surface area contributed by atoms with E-state index in [1.165, 1.54) is 6.42 Å². The van der Waals surface area contributed by atoms with Crippen molar-refractivity contribution in [3.63, 3.8) is 0 Å². The predicted molar refractivity (Wildman–Crippen MR) is 84.3 cm³/mol. The summed E-state index contributed by atoms with van der Waals surface area (Å²) in [4.78, 5) is 14.7. The third-order valence-corrected chi connectivity index (χ3v) is 4.52. The summed E-state index contributed by atoms with van der Waals surface area (Å²) in [6.07, 6.45) is 3.78. The highest BCUT2D eigenvalue weighted by Gasteiger charge is 2.33. The molecule has 116 valence electrons. The number of nitrogens with zero attached hydrogens (tertiary/aromatic N) is 1. The molecule has 0 aliphatic heterocycles. The largest absolute Gasteiger partial charge is 0.496 e. The van der Waals surface area contributed by atoms with E-state index in [0.717, 1.165) is 30.7 Å². The van der Waals surface area contributed by atoms with Crippen molar-refractivity contribution >= 4 is 5.91 Å². The van der Waals surface area contributed by atoms with Gasteiger partial charge in [0.25, 0.3) is 0 Å². The van der Waals surface area contributed by atoms with E-state index in [2.05, 4.69) is 0 Å². The minimum atomic E-state index is 0.173. The van der Waals surface area contributed by atoms with Crippen LogP contribution in [-0.2, 0) is 11.2 Å². The molecule has 0 aromatic heterocycles. The SMILES string of the molecule is CCN(C(=O)Cc1ccccc1OC)C1CCCC1CN. The molecule has 1 amide bonds. The lowest BCUT2D eigenvalue weighted by atomic mass is 10.0. The summed E-state index contributed by atoms with van der Waals surface area (Å²) in [5, 5.41) is 0. The van der Waals surface area contributed by atoms with Crippen LogP contribution < -0.4 is 10.5 Å². The van der Waals surface area contributed by atoms with E-state index in [4.69, 9.17) is 10.5 Å². The van der Waals surface area contributed by atoms with Gasteiger partial charge in [-0.2, -0.15) is 0 Å². The van der Waals surface area contributed by atoms with Gasteiger partial charge in [-0.25, -0.2) is 0 Å². The van der Waals surface area contributed by atoms with Crippen LogP contribution in [0.15, 0.2) is 24.3 Å². The monoisotopic (exact) mass is 290 g/mol. The Hall–Kier alpha value is -1.55. The van der Waals surface area contributed by atoms with Gasteiger partial charge in [-0.1, -0.05) is 24.6 Å². The van der Waals surface area contributed by atoms with Crippen LogP contribution >= 0.6 is 0 Å². The molecule has 0 bridgehead atoms. The van der Waals surface area contributed by atoms with Gasteiger partial charge in [0, 0.05) is 18.2 Å². The molecule has 1 aliphatic rings. The second-order valence-electron chi connectivity index (χ2n) is 5.66. The Morgan fingerprint density at radius 3 is 2.81 bits per heavy atom. The number of hydrogen-bond donors (Lipinski definition) is 1. The van der Waals surface area contributed by atoms with Gasteiger partial charge in [0.15, 0.2) is 0 Å². The Kier molecular flexibility index (Phi) is 5.62. The molecule has 0 heterocycles. The van der Waals surface area contributed by atoms with E-state index in [1.54, 1.807) is 7.11 Å². The molecule has 2 rings (SSSR count). The van der Waals surface area contributed by atoms with Crippen molar-refractivity contribution in [3.05, 3.63) is 29.8 Å². The number of ether oxygens (including phenoxy) is 1. The maximum Gasteiger partial charge on any atom is 0.227 e. The highest BCUT2D eigenvalue weighted by Crippen LogP contribution is 2.30. The summed E-state index contributed by atoms with van der Waals surface area (Å²) in [6, 6.07) is 8.03. The van der Waals surface area contributed by atoms with Crippen LogP contribution in [-0.4, -0.2) is 37.0 Å². The lowest BCUT2D eigenvalue weighted by Crippen LogP contribution is -2.44. The molecule has 4 heteroatoms. The third kappa shape index (κ3) is 3.56. The number of likely N-dealkylation sites (N-methyl/N-ethyl adjacent to an activating group) is 1. The molecule has 0 spiro atoms. The highest BCUT2D eigenvalue weighted by atomic mass is 16.5. The normalized spacial score (nSPS) is 21.3. The zero-order chi connectivity index (χ0) is 15.2. The summed E-state index contributed by atoms with van der Waals surface area (Å²) < 4.78 is 5.34. The molecule has 1 aromatic carbocycles. The number of amides is 1. The fourth-order valence-corrected chi connectivity index (χ4v) is 3.41. The summed E-state index contributed by atoms with van der Waals surface area (Å²) in [5.41, 5.74) is 6.81. The number of nitrogens with two attached hydrogens (primary N) is 1. The van der Waals surface area contributed by atoms with Crippen molar-refractivity contribution in [1.29, 1.82) is 0 Å². The van der Waals surface area contributed by atoms with E-state index in [1.807, 2.05) is 36.1 Å². The molecule has 0 radical (unpaired) electrons. The van der Waals surface area contributed by atoms with Gasteiger partial charge in [-0.3, -0.25) is 4.79 Å². The highest BCUT2D eigenvalue weighted by molar-refractivity contribution is 5.80. The van der Waals surface area contributed by atoms with Crippen LogP contribution in [0.5, 0.6) is 5.75 Å². The molecule has 1 saturated carbocycles. The fourth-order valence-electron chi connectivity index (χ4n) is 3.41. The van der Waals surface area contributed by atoms with Crippen molar-refractivity contribution in [2.45, 2.75) is 38.6 Å². The molecule has 4 nitrogen and oxygen atoms in total. The Morgan fingerprint density at radius 2 is 2.14 bits per heavy atom. The zero-order valence-corrected chi connectivity index (χ0v) is 13.0. The number of rotatable bonds is 6. The average Bonchev–Trinajstić information content (AvgIpc) is 2.97. The number of carbonyl (C=O) groups excluding carboxylic acids is 1. The summed E-state index contributed by atoms with van der Waals surface area (Å²) in [6.45, 7) is 3.46. The quantitative estimate of drug-likeness (QED) is 0.874. The van der Waals surface area contributed by atoms with E-state index in [-0.39, 0.29) is 5.91 Å². The van der Waals surface area contributed by atoms with Crippen LogP contribution in [0.25, 0.3) is 0 Å². The Morgan fingerprint density at radius 1 is 1.38 bits per heavy atom. The van der Waals surface area contributed by atoms with Gasteiger partial charge < -0.3 is 15.4 Å². The van der Waals surface area contributed by atoms with Gasteiger partial charge in [-0.15, -0.1) is 0 Å². The number of para-hydroxylation sites is 1. The van der Waals surface area contributed by atoms with E-state index >= 15 is 0 Å². The first kappa shape index (κ1) is 15.8. The molecule has 1 aliphatic carbocycles. The van der Waals surface area contributed by atoms with Crippen molar-refractivity contribution in [2.24, 2.45) is 11.7 Å². The molecule has 2 atom stereocenters. The summed E-state index contributed by atoms with van der Waals surface area (Å²) in [7, 11) is 1.64. The molecular formula is C17H26N2O2. The molecule has 1 fully saturated rings. The standard InChI is InChI=1S/C17H26N2O2/c1-3-19(15-9-6-8-14(15)12-18)17(20)11-13-7-4-5-10-16(13)21-2/h4-5,7,10,14-15H,3,6,8-9,11-12,18H2,1-2H3. The number of carbonyl (C=O) groups is 1. The first-order chi connectivity index (χ1) is 10.2. The van der Waals surface area contributed by atoms with Gasteiger partial charge in [0.1, 0.15) is 5.75 Å². The molecule has 21 heavy (non-hydrogen) atoms. The number of hydrogen-bond acceptors (Lipinski definition) is 3. The minimum absolute atomic E-state index is 0.173. The Bertz CT molecular complexity index is 476. The van der Waals surface area contributed by atoms with Crippen molar-refractivity contribution < 1.29 is 9.53 Å². The summed E-state index contributed by atoms with van der Waals surface area (Å²) >= 11 is 0. The van der Waals surface area contributed by atoms with Crippen LogP contribution in [0, 0.1) is 5.92 Å².